The van der Waals surface area contributed by atoms with Crippen LogP contribution in [-0.2, 0) is 0 Å². The van der Waals surface area contributed by atoms with Crippen molar-refractivity contribution in [1.82, 2.24) is 0 Å². The quantitative estimate of drug-likeness (QED) is 0.645. The Bertz CT molecular complexity index is 348. The first kappa shape index (κ1) is 12.1. The molecule has 0 saturated carbocycles. The van der Waals surface area contributed by atoms with Gasteiger partial charge in [-0.15, -0.1) is 0 Å². The molecule has 0 aliphatic rings. The van der Waals surface area contributed by atoms with Gasteiger partial charge in [-0.3, -0.25) is 4.74 Å². The van der Waals surface area contributed by atoms with E-state index in [1.54, 1.807) is 0 Å². The monoisotopic (exact) mass is 249 g/mol. The number of hydrogen-bond acceptors (Lipinski definition) is 1. The summed E-state index contributed by atoms with van der Waals surface area (Å²) in [6, 6.07) is 9.63. The molecule has 14 heavy (non-hydrogen) atoms. The van der Waals surface area contributed by atoms with E-state index in [9.17, 15) is 0 Å². The molecule has 1 rings (SSSR count). The highest BCUT2D eigenvalue weighted by atomic mass is 35.9. The molecule has 0 fully saturated rings. The zero-order chi connectivity index (χ0) is 10.8. The molecule has 1 aromatic rings. The van der Waals surface area contributed by atoms with E-state index in [4.69, 9.17) is 22.5 Å². The lowest BCUT2D eigenvalue weighted by Crippen LogP contribution is -2.10. The molecule has 0 bridgehead atoms. The zero-order valence-electron chi connectivity index (χ0n) is 8.54. The van der Waals surface area contributed by atoms with Crippen LogP contribution in [0.15, 0.2) is 35.1 Å². The molecule has 1 aromatic carbocycles. The summed E-state index contributed by atoms with van der Waals surface area (Å²) in [7, 11) is 0. The Hall–Kier alpha value is 0.0300. The lowest BCUT2D eigenvalue weighted by molar-refractivity contribution is 0.592. The minimum absolute atomic E-state index is 0.201. The van der Waals surface area contributed by atoms with Crippen molar-refractivity contribution in [1.29, 1.82) is 0 Å². The highest BCUT2D eigenvalue weighted by Crippen LogP contribution is 2.60. The van der Waals surface area contributed by atoms with Crippen LogP contribution in [0.1, 0.15) is 20.8 Å². The summed E-state index contributed by atoms with van der Waals surface area (Å²) in [5.41, 5.74) is -0.201. The van der Waals surface area contributed by atoms with Crippen LogP contribution in [0.25, 0.3) is 0 Å². The standard InChI is InChI=1S/C10H14Cl2NP/c1-10(2,3)13-14(11,12)9-7-5-4-6-8-9/h4-8H,1-3H3. The molecule has 0 unspecified atom stereocenters. The minimum Gasteiger partial charge on any atom is -0.264 e. The first-order valence-corrected chi connectivity index (χ1v) is 7.95. The lowest BCUT2D eigenvalue weighted by atomic mass is 10.1. The van der Waals surface area contributed by atoms with Gasteiger partial charge < -0.3 is 0 Å². The molecular weight excluding hydrogens is 236 g/mol. The third kappa shape index (κ3) is 3.65. The van der Waals surface area contributed by atoms with Gasteiger partial charge in [0.1, 0.15) is 0 Å². The molecule has 0 N–H and O–H groups in total. The highest BCUT2D eigenvalue weighted by Gasteiger charge is 2.19. The molecule has 1 nitrogen and oxygen atoms in total. The molecule has 0 saturated heterocycles. The second-order valence-electron chi connectivity index (χ2n) is 4.09. The molecule has 0 radical (unpaired) electrons. The molecule has 78 valence electrons. The molecule has 0 aliphatic heterocycles. The predicted molar refractivity (Wildman–Crippen MR) is 66.9 cm³/mol. The van der Waals surface area contributed by atoms with Gasteiger partial charge in [0.15, 0.2) is 5.76 Å². The van der Waals surface area contributed by atoms with Gasteiger partial charge >= 0.3 is 0 Å². The van der Waals surface area contributed by atoms with Gasteiger partial charge in [0.25, 0.3) is 0 Å². The van der Waals surface area contributed by atoms with Crippen molar-refractivity contribution in [3.63, 3.8) is 0 Å². The predicted octanol–water partition coefficient (Wildman–Crippen LogP) is 4.62. The van der Waals surface area contributed by atoms with Gasteiger partial charge in [-0.25, -0.2) is 0 Å². The van der Waals surface area contributed by atoms with E-state index >= 15 is 0 Å². The maximum atomic E-state index is 6.26. The van der Waals surface area contributed by atoms with Crippen molar-refractivity contribution in [3.8, 4) is 0 Å². The summed E-state index contributed by atoms with van der Waals surface area (Å²) in [4.78, 5) is 0. The highest BCUT2D eigenvalue weighted by molar-refractivity contribution is 8.15. The number of benzene rings is 1. The lowest BCUT2D eigenvalue weighted by Gasteiger charge is -2.18. The van der Waals surface area contributed by atoms with Gasteiger partial charge in [0, 0.05) is 5.30 Å². The van der Waals surface area contributed by atoms with E-state index in [0.717, 1.165) is 5.30 Å². The van der Waals surface area contributed by atoms with Crippen LogP contribution >= 0.6 is 28.2 Å². The third-order valence-electron chi connectivity index (χ3n) is 1.49. The summed E-state index contributed by atoms with van der Waals surface area (Å²) in [5.74, 6) is -2.35. The Morgan fingerprint density at radius 3 is 2.00 bits per heavy atom. The third-order valence-corrected chi connectivity index (χ3v) is 4.89. The van der Waals surface area contributed by atoms with Crippen LogP contribution in [0.4, 0.5) is 0 Å². The number of nitrogens with zero attached hydrogens (tertiary/aromatic N) is 1. The van der Waals surface area contributed by atoms with Crippen LogP contribution < -0.4 is 5.30 Å². The SMILES string of the molecule is CC(C)(C)N=P(Cl)(Cl)c1ccccc1. The zero-order valence-corrected chi connectivity index (χ0v) is 10.9. The van der Waals surface area contributed by atoms with Crippen molar-refractivity contribution < 1.29 is 0 Å². The van der Waals surface area contributed by atoms with Gasteiger partial charge in [-0.1, -0.05) is 52.8 Å². The molecule has 0 aromatic heterocycles. The fourth-order valence-electron chi connectivity index (χ4n) is 1.04. The van der Waals surface area contributed by atoms with Crippen LogP contribution in [0.5, 0.6) is 0 Å². The fourth-order valence-corrected chi connectivity index (χ4v) is 4.48. The fraction of sp³-hybridized carbons (Fsp3) is 0.400. The summed E-state index contributed by atoms with van der Waals surface area (Å²) >= 11 is 12.5. The summed E-state index contributed by atoms with van der Waals surface area (Å²) < 4.78 is 4.45. The second kappa shape index (κ2) is 4.26. The number of halogens is 2. The Morgan fingerprint density at radius 1 is 1.07 bits per heavy atom. The van der Waals surface area contributed by atoms with Gasteiger partial charge in [-0.05, 0) is 20.8 Å². The molecule has 0 aliphatic carbocycles. The van der Waals surface area contributed by atoms with Crippen LogP contribution in [-0.4, -0.2) is 5.54 Å². The van der Waals surface area contributed by atoms with E-state index in [1.807, 2.05) is 51.1 Å². The van der Waals surface area contributed by atoms with E-state index in [0.29, 0.717) is 0 Å². The maximum Gasteiger partial charge on any atom is 0.166 e. The van der Waals surface area contributed by atoms with E-state index < -0.39 is 5.76 Å². The van der Waals surface area contributed by atoms with Crippen molar-refractivity contribution in [2.45, 2.75) is 26.3 Å². The van der Waals surface area contributed by atoms with Gasteiger partial charge in [-0.2, -0.15) is 0 Å². The molecule has 4 heteroatoms. The van der Waals surface area contributed by atoms with Crippen LogP contribution in [0, 0.1) is 0 Å². The average molecular weight is 250 g/mol. The Morgan fingerprint density at radius 2 is 1.57 bits per heavy atom. The molecule has 0 spiro atoms. The normalized spacial score (nSPS) is 12.6. The van der Waals surface area contributed by atoms with Crippen LogP contribution in [0.3, 0.4) is 0 Å². The average Bonchev–Trinajstić information content (AvgIpc) is 2.01. The van der Waals surface area contributed by atoms with Crippen molar-refractivity contribution >= 4 is 33.5 Å². The smallest absolute Gasteiger partial charge is 0.166 e. The summed E-state index contributed by atoms with van der Waals surface area (Å²) in [6.07, 6.45) is 0. The first-order chi connectivity index (χ1) is 6.31. The molecule has 0 amide bonds. The summed E-state index contributed by atoms with van der Waals surface area (Å²) in [5, 5.41) is 0.915. The van der Waals surface area contributed by atoms with Gasteiger partial charge in [0.05, 0.1) is 5.54 Å². The van der Waals surface area contributed by atoms with Crippen molar-refractivity contribution in [2.75, 3.05) is 0 Å². The van der Waals surface area contributed by atoms with E-state index in [1.165, 1.54) is 0 Å². The largest absolute Gasteiger partial charge is 0.264 e. The second-order valence-corrected chi connectivity index (χ2v) is 9.23. The van der Waals surface area contributed by atoms with E-state index in [-0.39, 0.29) is 5.54 Å². The summed E-state index contributed by atoms with van der Waals surface area (Å²) in [6.45, 7) is 5.99. The topological polar surface area (TPSA) is 12.4 Å². The first-order valence-electron chi connectivity index (χ1n) is 4.40. The molecule has 0 atom stereocenters. The minimum atomic E-state index is -2.35. The van der Waals surface area contributed by atoms with Crippen LogP contribution in [0.2, 0.25) is 0 Å². The Labute approximate surface area is 95.1 Å². The molecule has 0 heterocycles. The number of rotatable bonds is 1. The number of hydrogen-bond donors (Lipinski definition) is 0. The van der Waals surface area contributed by atoms with Crippen molar-refractivity contribution in [3.05, 3.63) is 30.3 Å². The molecular formula is C10H14Cl2NP. The van der Waals surface area contributed by atoms with E-state index in [2.05, 4.69) is 4.74 Å². The Kier molecular flexibility index (Phi) is 3.69. The van der Waals surface area contributed by atoms with Crippen molar-refractivity contribution in [2.24, 2.45) is 4.74 Å². The van der Waals surface area contributed by atoms with Gasteiger partial charge in [0.2, 0.25) is 0 Å². The Balaban J connectivity index is 3.15. The maximum absolute atomic E-state index is 6.26.